The standard InChI is InChI=1S/C18H19N3O4/c1-11-7-12(2)20-18(19-11)25-14-5-6-21(9-14)17(22)13-3-4-15-16(8-13)24-10-23-15/h3-4,7-8,14H,5-6,9-10H2,1-2H3. The van der Waals surface area contributed by atoms with Crippen molar-refractivity contribution < 1.29 is 19.0 Å². The highest BCUT2D eigenvalue weighted by molar-refractivity contribution is 5.95. The van der Waals surface area contributed by atoms with Gasteiger partial charge in [0.1, 0.15) is 6.10 Å². The number of fused-ring (bicyclic) bond motifs is 1. The zero-order chi connectivity index (χ0) is 17.4. The molecule has 1 aromatic heterocycles. The quantitative estimate of drug-likeness (QED) is 0.851. The second-order valence-electron chi connectivity index (χ2n) is 6.28. The Morgan fingerprint density at radius 2 is 1.92 bits per heavy atom. The molecule has 0 saturated carbocycles. The lowest BCUT2D eigenvalue weighted by Gasteiger charge is -2.17. The van der Waals surface area contributed by atoms with E-state index in [1.807, 2.05) is 19.9 Å². The number of rotatable bonds is 3. The van der Waals surface area contributed by atoms with E-state index < -0.39 is 0 Å². The number of likely N-dealkylation sites (tertiary alicyclic amines) is 1. The fourth-order valence-electron chi connectivity index (χ4n) is 3.12. The van der Waals surface area contributed by atoms with E-state index in [-0.39, 0.29) is 18.8 Å². The highest BCUT2D eigenvalue weighted by Crippen LogP contribution is 2.33. The van der Waals surface area contributed by atoms with Crippen LogP contribution in [-0.2, 0) is 0 Å². The maximum Gasteiger partial charge on any atom is 0.317 e. The molecule has 4 rings (SSSR count). The first-order valence-corrected chi connectivity index (χ1v) is 8.26. The average molecular weight is 341 g/mol. The average Bonchev–Trinajstić information content (AvgIpc) is 3.21. The molecule has 0 bridgehead atoms. The largest absolute Gasteiger partial charge is 0.458 e. The molecule has 3 heterocycles. The van der Waals surface area contributed by atoms with E-state index in [1.54, 1.807) is 23.1 Å². The SMILES string of the molecule is Cc1cc(C)nc(OC2CCN(C(=O)c3ccc4c(c3)OCO4)C2)n1. The van der Waals surface area contributed by atoms with Gasteiger partial charge >= 0.3 is 6.01 Å². The molecule has 1 saturated heterocycles. The van der Waals surface area contributed by atoms with Crippen LogP contribution in [-0.4, -0.2) is 46.8 Å². The van der Waals surface area contributed by atoms with Gasteiger partial charge in [0.15, 0.2) is 11.5 Å². The summed E-state index contributed by atoms with van der Waals surface area (Å²) in [6, 6.07) is 7.53. The van der Waals surface area contributed by atoms with Crippen LogP contribution in [0.1, 0.15) is 28.2 Å². The molecule has 1 amide bonds. The maximum absolute atomic E-state index is 12.7. The van der Waals surface area contributed by atoms with Gasteiger partial charge in [-0.2, -0.15) is 0 Å². The van der Waals surface area contributed by atoms with Crippen LogP contribution in [0.15, 0.2) is 24.3 Å². The van der Waals surface area contributed by atoms with Crippen molar-refractivity contribution in [1.82, 2.24) is 14.9 Å². The van der Waals surface area contributed by atoms with Crippen LogP contribution in [0.5, 0.6) is 17.5 Å². The molecule has 0 spiro atoms. The Morgan fingerprint density at radius 1 is 1.16 bits per heavy atom. The van der Waals surface area contributed by atoms with E-state index in [0.717, 1.165) is 17.8 Å². The van der Waals surface area contributed by atoms with Crippen LogP contribution in [0.4, 0.5) is 0 Å². The molecule has 0 N–H and O–H groups in total. The van der Waals surface area contributed by atoms with Gasteiger partial charge in [-0.15, -0.1) is 0 Å². The monoisotopic (exact) mass is 341 g/mol. The molecule has 2 aliphatic heterocycles. The van der Waals surface area contributed by atoms with Crippen LogP contribution in [0.25, 0.3) is 0 Å². The molecule has 130 valence electrons. The Labute approximate surface area is 145 Å². The number of hydrogen-bond acceptors (Lipinski definition) is 6. The number of aryl methyl sites for hydroxylation is 2. The van der Waals surface area contributed by atoms with Crippen molar-refractivity contribution in [2.75, 3.05) is 19.9 Å². The predicted octanol–water partition coefficient (Wildman–Crippen LogP) is 2.12. The fourth-order valence-corrected chi connectivity index (χ4v) is 3.12. The van der Waals surface area contributed by atoms with Crippen molar-refractivity contribution in [1.29, 1.82) is 0 Å². The minimum atomic E-state index is -0.0980. The van der Waals surface area contributed by atoms with Crippen molar-refractivity contribution in [3.05, 3.63) is 41.2 Å². The zero-order valence-corrected chi connectivity index (χ0v) is 14.2. The highest BCUT2D eigenvalue weighted by Gasteiger charge is 2.29. The fraction of sp³-hybridized carbons (Fsp3) is 0.389. The van der Waals surface area contributed by atoms with Gasteiger partial charge < -0.3 is 19.1 Å². The van der Waals surface area contributed by atoms with Crippen LogP contribution >= 0.6 is 0 Å². The van der Waals surface area contributed by atoms with E-state index in [9.17, 15) is 4.79 Å². The summed E-state index contributed by atoms with van der Waals surface area (Å²) in [5, 5.41) is 0. The molecule has 7 nitrogen and oxygen atoms in total. The van der Waals surface area contributed by atoms with Crippen molar-refractivity contribution >= 4 is 5.91 Å². The molecule has 2 aliphatic rings. The third kappa shape index (κ3) is 3.22. The summed E-state index contributed by atoms with van der Waals surface area (Å²) in [4.78, 5) is 23.1. The second kappa shape index (κ2) is 6.23. The molecule has 1 unspecified atom stereocenters. The van der Waals surface area contributed by atoms with E-state index in [4.69, 9.17) is 14.2 Å². The summed E-state index contributed by atoms with van der Waals surface area (Å²) in [5.41, 5.74) is 2.33. The molecule has 2 aromatic rings. The van der Waals surface area contributed by atoms with E-state index in [1.165, 1.54) is 0 Å². The molecule has 7 heteroatoms. The van der Waals surface area contributed by atoms with Gasteiger partial charge in [0, 0.05) is 29.9 Å². The van der Waals surface area contributed by atoms with Crippen LogP contribution in [0, 0.1) is 13.8 Å². The van der Waals surface area contributed by atoms with Gasteiger partial charge in [-0.1, -0.05) is 0 Å². The molecule has 0 radical (unpaired) electrons. The predicted molar refractivity (Wildman–Crippen MR) is 89.0 cm³/mol. The van der Waals surface area contributed by atoms with Gasteiger partial charge in [-0.05, 0) is 38.1 Å². The lowest BCUT2D eigenvalue weighted by Crippen LogP contribution is -2.31. The third-order valence-corrected chi connectivity index (χ3v) is 4.29. The van der Waals surface area contributed by atoms with Crippen LogP contribution < -0.4 is 14.2 Å². The molecule has 1 aromatic carbocycles. The summed E-state index contributed by atoms with van der Waals surface area (Å²) >= 11 is 0. The Hall–Kier alpha value is -2.83. The molecule has 1 fully saturated rings. The van der Waals surface area contributed by atoms with Gasteiger partial charge in [-0.25, -0.2) is 9.97 Å². The smallest absolute Gasteiger partial charge is 0.317 e. The Balaban J connectivity index is 1.42. The zero-order valence-electron chi connectivity index (χ0n) is 14.2. The Morgan fingerprint density at radius 3 is 2.72 bits per heavy atom. The molecule has 1 atom stereocenters. The molecular formula is C18H19N3O4. The normalized spacial score (nSPS) is 18.5. The molecule has 25 heavy (non-hydrogen) atoms. The van der Waals surface area contributed by atoms with Crippen molar-refractivity contribution in [2.24, 2.45) is 0 Å². The maximum atomic E-state index is 12.7. The first-order chi connectivity index (χ1) is 12.1. The molecular weight excluding hydrogens is 322 g/mol. The van der Waals surface area contributed by atoms with Crippen LogP contribution in [0.3, 0.4) is 0 Å². The summed E-state index contributed by atoms with van der Waals surface area (Å²) < 4.78 is 16.5. The van der Waals surface area contributed by atoms with Gasteiger partial charge in [0.25, 0.3) is 5.91 Å². The number of amides is 1. The lowest BCUT2D eigenvalue weighted by molar-refractivity contribution is 0.0769. The van der Waals surface area contributed by atoms with Crippen LogP contribution in [0.2, 0.25) is 0 Å². The van der Waals surface area contributed by atoms with Gasteiger partial charge in [0.05, 0.1) is 6.54 Å². The van der Waals surface area contributed by atoms with Crippen molar-refractivity contribution in [2.45, 2.75) is 26.4 Å². The first kappa shape index (κ1) is 15.7. The topological polar surface area (TPSA) is 73.8 Å². The lowest BCUT2D eigenvalue weighted by atomic mass is 10.2. The number of carbonyl (C=O) groups is 1. The van der Waals surface area contributed by atoms with Crippen molar-refractivity contribution in [3.63, 3.8) is 0 Å². The number of nitrogens with zero attached hydrogens (tertiary/aromatic N) is 3. The highest BCUT2D eigenvalue weighted by atomic mass is 16.7. The third-order valence-electron chi connectivity index (χ3n) is 4.29. The number of benzene rings is 1. The number of aromatic nitrogens is 2. The second-order valence-corrected chi connectivity index (χ2v) is 6.28. The summed E-state index contributed by atoms with van der Waals surface area (Å²) in [6.45, 7) is 5.17. The van der Waals surface area contributed by atoms with Gasteiger partial charge in [0.2, 0.25) is 6.79 Å². The number of ether oxygens (including phenoxy) is 3. The Bertz CT molecular complexity index is 804. The van der Waals surface area contributed by atoms with Crippen molar-refractivity contribution in [3.8, 4) is 17.5 Å². The first-order valence-electron chi connectivity index (χ1n) is 8.26. The number of hydrogen-bond donors (Lipinski definition) is 0. The van der Waals surface area contributed by atoms with Gasteiger partial charge in [-0.3, -0.25) is 4.79 Å². The molecule has 0 aliphatic carbocycles. The minimum absolute atomic E-state index is 0.0364. The summed E-state index contributed by atoms with van der Waals surface area (Å²) in [7, 11) is 0. The van der Waals surface area contributed by atoms with E-state index >= 15 is 0 Å². The number of carbonyl (C=O) groups excluding carboxylic acids is 1. The van der Waals surface area contributed by atoms with E-state index in [0.29, 0.717) is 36.2 Å². The van der Waals surface area contributed by atoms with E-state index in [2.05, 4.69) is 9.97 Å². The summed E-state index contributed by atoms with van der Waals surface area (Å²) in [6.07, 6.45) is 0.659. The Kier molecular flexibility index (Phi) is 3.91. The minimum Gasteiger partial charge on any atom is -0.458 e. The summed E-state index contributed by atoms with van der Waals surface area (Å²) in [5.74, 6) is 1.25.